The molecule has 1 aromatic heterocycles. The van der Waals surface area contributed by atoms with Gasteiger partial charge in [-0.1, -0.05) is 18.2 Å². The summed E-state index contributed by atoms with van der Waals surface area (Å²) >= 11 is 0. The summed E-state index contributed by atoms with van der Waals surface area (Å²) in [7, 11) is 3.25. The normalized spacial score (nSPS) is 13.2. The number of rotatable bonds is 7. The molecule has 1 heterocycles. The van der Waals surface area contributed by atoms with Crippen LogP contribution in [-0.2, 0) is 6.54 Å². The van der Waals surface area contributed by atoms with Crippen molar-refractivity contribution in [3.8, 4) is 17.2 Å². The van der Waals surface area contributed by atoms with Crippen LogP contribution in [0.15, 0.2) is 48.5 Å². The minimum Gasteiger partial charge on any atom is -0.497 e. The number of aromatic nitrogens is 3. The van der Waals surface area contributed by atoms with Gasteiger partial charge in [-0.15, -0.1) is 5.10 Å². The highest BCUT2D eigenvalue weighted by Crippen LogP contribution is 2.33. The fourth-order valence-corrected chi connectivity index (χ4v) is 3.33. The van der Waals surface area contributed by atoms with Gasteiger partial charge in [-0.25, -0.2) is 0 Å². The zero-order valence-corrected chi connectivity index (χ0v) is 16.8. The van der Waals surface area contributed by atoms with Gasteiger partial charge in [0.05, 0.1) is 32.1 Å². The molecule has 0 saturated heterocycles. The van der Waals surface area contributed by atoms with Crippen molar-refractivity contribution in [2.75, 3.05) is 14.2 Å². The molecule has 1 aliphatic carbocycles. The Morgan fingerprint density at radius 2 is 1.86 bits per heavy atom. The molecule has 2 aromatic carbocycles. The van der Waals surface area contributed by atoms with Gasteiger partial charge in [-0.05, 0) is 50.1 Å². The average Bonchev–Trinajstić information content (AvgIpc) is 3.53. The number of carbonyl (C=O) groups is 1. The van der Waals surface area contributed by atoms with Crippen molar-refractivity contribution in [1.29, 1.82) is 0 Å². The molecule has 0 spiro atoms. The first kappa shape index (κ1) is 19.0. The van der Waals surface area contributed by atoms with E-state index in [1.807, 2.05) is 60.4 Å². The maximum Gasteiger partial charge on any atom is 0.276 e. The number of carbonyl (C=O) groups excluding carboxylic acids is 1. The summed E-state index contributed by atoms with van der Waals surface area (Å²) in [6.07, 6.45) is 1.98. The Morgan fingerprint density at radius 1 is 1.10 bits per heavy atom. The van der Waals surface area contributed by atoms with Crippen molar-refractivity contribution in [1.82, 2.24) is 19.9 Å². The standard InChI is InChI=1S/C22H24N4O3/c1-15-21(24-26(23-15)18-7-5-4-6-8-18)22(27)25(17-9-10-17)14-16-13-19(28-2)11-12-20(16)29-3/h4-8,11-13,17H,9-10,14H2,1-3H3. The van der Waals surface area contributed by atoms with E-state index in [2.05, 4.69) is 10.2 Å². The average molecular weight is 392 g/mol. The quantitative estimate of drug-likeness (QED) is 0.616. The number of methoxy groups -OCH3 is 2. The smallest absolute Gasteiger partial charge is 0.276 e. The van der Waals surface area contributed by atoms with Gasteiger partial charge in [0.1, 0.15) is 11.5 Å². The zero-order chi connectivity index (χ0) is 20.4. The summed E-state index contributed by atoms with van der Waals surface area (Å²) in [6, 6.07) is 15.4. The van der Waals surface area contributed by atoms with Crippen LogP contribution in [-0.4, -0.2) is 46.1 Å². The van der Waals surface area contributed by atoms with E-state index < -0.39 is 0 Å². The molecule has 0 radical (unpaired) electrons. The van der Waals surface area contributed by atoms with Gasteiger partial charge >= 0.3 is 0 Å². The second-order valence-corrected chi connectivity index (χ2v) is 7.10. The monoisotopic (exact) mass is 392 g/mol. The molecule has 7 heteroatoms. The highest BCUT2D eigenvalue weighted by Gasteiger charge is 2.35. The lowest BCUT2D eigenvalue weighted by atomic mass is 10.1. The fraction of sp³-hybridized carbons (Fsp3) is 0.318. The largest absolute Gasteiger partial charge is 0.497 e. The van der Waals surface area contributed by atoms with Crippen LogP contribution < -0.4 is 9.47 Å². The molecular formula is C22H24N4O3. The van der Waals surface area contributed by atoms with E-state index in [0.29, 0.717) is 17.9 Å². The molecule has 0 N–H and O–H groups in total. The molecule has 1 amide bonds. The van der Waals surface area contributed by atoms with Gasteiger partial charge in [0.15, 0.2) is 5.69 Å². The van der Waals surface area contributed by atoms with Gasteiger partial charge in [-0.3, -0.25) is 4.79 Å². The third kappa shape index (κ3) is 3.94. The molecule has 0 unspecified atom stereocenters. The molecule has 1 fully saturated rings. The number of ether oxygens (including phenoxy) is 2. The summed E-state index contributed by atoms with van der Waals surface area (Å²) in [5.41, 5.74) is 2.71. The lowest BCUT2D eigenvalue weighted by Gasteiger charge is -2.23. The van der Waals surface area contributed by atoms with Crippen LogP contribution in [0.1, 0.15) is 34.6 Å². The van der Waals surface area contributed by atoms with Crippen LogP contribution in [0.5, 0.6) is 11.5 Å². The van der Waals surface area contributed by atoms with E-state index in [9.17, 15) is 4.79 Å². The topological polar surface area (TPSA) is 69.5 Å². The zero-order valence-electron chi connectivity index (χ0n) is 16.8. The molecule has 150 valence electrons. The van der Waals surface area contributed by atoms with Gasteiger partial charge in [-0.2, -0.15) is 9.90 Å². The molecular weight excluding hydrogens is 368 g/mol. The first-order chi connectivity index (χ1) is 14.1. The Kier molecular flexibility index (Phi) is 5.20. The number of hydrogen-bond acceptors (Lipinski definition) is 5. The summed E-state index contributed by atoms with van der Waals surface area (Å²) in [4.78, 5) is 16.8. The summed E-state index contributed by atoms with van der Waals surface area (Å²) in [5, 5.41) is 8.93. The molecule has 0 bridgehead atoms. The number of benzene rings is 2. The molecule has 0 aliphatic heterocycles. The second kappa shape index (κ2) is 7.95. The maximum absolute atomic E-state index is 13.4. The number of para-hydroxylation sites is 1. The Hall–Kier alpha value is -3.35. The lowest BCUT2D eigenvalue weighted by molar-refractivity contribution is 0.0721. The summed E-state index contributed by atoms with van der Waals surface area (Å²) in [6.45, 7) is 2.25. The van der Waals surface area contributed by atoms with Gasteiger partial charge in [0.2, 0.25) is 0 Å². The van der Waals surface area contributed by atoms with E-state index in [1.54, 1.807) is 14.2 Å². The van der Waals surface area contributed by atoms with Gasteiger partial charge < -0.3 is 14.4 Å². The van der Waals surface area contributed by atoms with Crippen molar-refractivity contribution in [2.45, 2.75) is 32.4 Å². The minimum absolute atomic E-state index is 0.114. The van der Waals surface area contributed by atoms with Crippen molar-refractivity contribution in [3.63, 3.8) is 0 Å². The van der Waals surface area contributed by atoms with Crippen LogP contribution in [0, 0.1) is 6.92 Å². The van der Waals surface area contributed by atoms with Crippen molar-refractivity contribution in [2.24, 2.45) is 0 Å². The highest BCUT2D eigenvalue weighted by molar-refractivity contribution is 5.93. The van der Waals surface area contributed by atoms with Crippen LogP contribution in [0.3, 0.4) is 0 Å². The van der Waals surface area contributed by atoms with Crippen LogP contribution in [0.25, 0.3) is 5.69 Å². The van der Waals surface area contributed by atoms with E-state index >= 15 is 0 Å². The Labute approximate surface area is 169 Å². The Balaban J connectivity index is 1.64. The number of nitrogens with zero attached hydrogens (tertiary/aromatic N) is 4. The van der Waals surface area contributed by atoms with E-state index in [-0.39, 0.29) is 11.9 Å². The van der Waals surface area contributed by atoms with Crippen LogP contribution >= 0.6 is 0 Å². The Bertz CT molecular complexity index is 1010. The third-order valence-electron chi connectivity index (χ3n) is 5.05. The lowest BCUT2D eigenvalue weighted by Crippen LogP contribution is -2.33. The van der Waals surface area contributed by atoms with E-state index in [4.69, 9.17) is 9.47 Å². The molecule has 1 aliphatic rings. The van der Waals surface area contributed by atoms with Crippen LogP contribution in [0.4, 0.5) is 0 Å². The number of hydrogen-bond donors (Lipinski definition) is 0. The maximum atomic E-state index is 13.4. The predicted molar refractivity (Wildman–Crippen MR) is 109 cm³/mol. The number of amides is 1. The summed E-state index contributed by atoms with van der Waals surface area (Å²) in [5.74, 6) is 1.35. The molecule has 4 rings (SSSR count). The predicted octanol–water partition coefficient (Wildman–Crippen LogP) is 3.40. The Morgan fingerprint density at radius 3 is 2.52 bits per heavy atom. The molecule has 1 saturated carbocycles. The molecule has 7 nitrogen and oxygen atoms in total. The summed E-state index contributed by atoms with van der Waals surface area (Å²) < 4.78 is 10.8. The van der Waals surface area contributed by atoms with Crippen LogP contribution in [0.2, 0.25) is 0 Å². The molecule has 3 aromatic rings. The minimum atomic E-state index is -0.114. The highest BCUT2D eigenvalue weighted by atomic mass is 16.5. The van der Waals surface area contributed by atoms with E-state index in [1.165, 1.54) is 4.80 Å². The first-order valence-corrected chi connectivity index (χ1v) is 9.62. The van der Waals surface area contributed by atoms with Crippen molar-refractivity contribution >= 4 is 5.91 Å². The first-order valence-electron chi connectivity index (χ1n) is 9.62. The molecule has 0 atom stereocenters. The second-order valence-electron chi connectivity index (χ2n) is 7.10. The van der Waals surface area contributed by atoms with Crippen molar-refractivity contribution in [3.05, 3.63) is 65.5 Å². The molecule has 29 heavy (non-hydrogen) atoms. The fourth-order valence-electron chi connectivity index (χ4n) is 3.33. The SMILES string of the molecule is COc1ccc(OC)c(CN(C(=O)c2nn(-c3ccccc3)nc2C)C2CC2)c1. The third-order valence-corrected chi connectivity index (χ3v) is 5.05. The van der Waals surface area contributed by atoms with Gasteiger partial charge in [0, 0.05) is 11.6 Å². The van der Waals surface area contributed by atoms with Crippen molar-refractivity contribution < 1.29 is 14.3 Å². The van der Waals surface area contributed by atoms with E-state index in [0.717, 1.165) is 35.6 Å². The van der Waals surface area contributed by atoms with Gasteiger partial charge in [0.25, 0.3) is 5.91 Å². The number of aryl methyl sites for hydroxylation is 1.